The molecule has 0 saturated heterocycles. The van der Waals surface area contributed by atoms with E-state index in [1.54, 1.807) is 12.1 Å². The summed E-state index contributed by atoms with van der Waals surface area (Å²) < 4.78 is 0. The third kappa shape index (κ3) is 2.42. The maximum absolute atomic E-state index is 11.9. The molecule has 14 heavy (non-hydrogen) atoms. The molecular weight excluding hydrogens is 174 g/mol. The molecular formula is C12H17NO. The Bertz CT molecular complexity index is 311. The Labute approximate surface area is 85.1 Å². The number of Topliss-reactive ketones (excluding diaryl/α,β-unsaturated/α-hetero) is 1. The van der Waals surface area contributed by atoms with Gasteiger partial charge in [0.1, 0.15) is 0 Å². The van der Waals surface area contributed by atoms with E-state index in [-0.39, 0.29) is 11.2 Å². The zero-order valence-electron chi connectivity index (χ0n) is 8.95. The van der Waals surface area contributed by atoms with Gasteiger partial charge in [0, 0.05) is 5.56 Å². The van der Waals surface area contributed by atoms with Crippen LogP contribution >= 0.6 is 0 Å². The van der Waals surface area contributed by atoms with Gasteiger partial charge in [-0.1, -0.05) is 51.1 Å². The topological polar surface area (TPSA) is 43.1 Å². The molecule has 1 aromatic carbocycles. The number of carbonyl (C=O) groups is 1. The van der Waals surface area contributed by atoms with Crippen LogP contribution in [0.5, 0.6) is 0 Å². The van der Waals surface area contributed by atoms with Gasteiger partial charge < -0.3 is 5.73 Å². The number of hydrogen-bond acceptors (Lipinski definition) is 2. The Hall–Kier alpha value is -1.15. The lowest BCUT2D eigenvalue weighted by molar-refractivity contribution is 0.0901. The minimum Gasteiger partial charge on any atom is -0.321 e. The molecule has 2 nitrogen and oxygen atoms in total. The number of hydrogen-bond donors (Lipinski definition) is 1. The van der Waals surface area contributed by atoms with Crippen molar-refractivity contribution in [2.45, 2.75) is 26.8 Å². The van der Waals surface area contributed by atoms with E-state index in [1.165, 1.54) is 0 Å². The van der Waals surface area contributed by atoms with Crippen LogP contribution in [0.1, 0.15) is 31.1 Å². The molecule has 0 fully saturated rings. The van der Waals surface area contributed by atoms with Crippen LogP contribution in [0.2, 0.25) is 0 Å². The highest BCUT2D eigenvalue weighted by Gasteiger charge is 2.27. The molecule has 0 aliphatic carbocycles. The lowest BCUT2D eigenvalue weighted by Gasteiger charge is -2.25. The number of nitrogens with two attached hydrogens (primary N) is 1. The van der Waals surface area contributed by atoms with E-state index >= 15 is 0 Å². The summed E-state index contributed by atoms with van der Waals surface area (Å²) in [6.45, 7) is 5.91. The Morgan fingerprint density at radius 1 is 1.21 bits per heavy atom. The first-order chi connectivity index (χ1) is 6.43. The molecule has 1 atom stereocenters. The van der Waals surface area contributed by atoms with Gasteiger partial charge >= 0.3 is 0 Å². The summed E-state index contributed by atoms with van der Waals surface area (Å²) in [5.41, 5.74) is 6.38. The summed E-state index contributed by atoms with van der Waals surface area (Å²) in [6.07, 6.45) is 0. The molecule has 1 unspecified atom stereocenters. The van der Waals surface area contributed by atoms with E-state index in [0.717, 1.165) is 0 Å². The quantitative estimate of drug-likeness (QED) is 0.728. The predicted octanol–water partition coefficient (Wildman–Crippen LogP) is 2.24. The van der Waals surface area contributed by atoms with Gasteiger partial charge in [0.25, 0.3) is 0 Å². The first kappa shape index (κ1) is 10.9. The van der Waals surface area contributed by atoms with Crippen molar-refractivity contribution in [3.8, 4) is 0 Å². The molecule has 0 radical (unpaired) electrons. The second-order valence-electron chi connectivity index (χ2n) is 4.57. The predicted molar refractivity (Wildman–Crippen MR) is 58.2 cm³/mol. The van der Waals surface area contributed by atoms with Crippen LogP contribution in [0.25, 0.3) is 0 Å². The molecule has 2 N–H and O–H groups in total. The molecule has 0 aliphatic heterocycles. The van der Waals surface area contributed by atoms with Gasteiger partial charge in [-0.2, -0.15) is 0 Å². The highest BCUT2D eigenvalue weighted by molar-refractivity contribution is 6.00. The number of rotatable bonds is 2. The molecule has 1 rings (SSSR count). The molecule has 0 aromatic heterocycles. The summed E-state index contributed by atoms with van der Waals surface area (Å²) >= 11 is 0. The van der Waals surface area contributed by atoms with Crippen LogP contribution in [-0.4, -0.2) is 11.8 Å². The Balaban J connectivity index is 2.87. The van der Waals surface area contributed by atoms with Gasteiger partial charge in [0.15, 0.2) is 5.78 Å². The van der Waals surface area contributed by atoms with Gasteiger partial charge in [0.2, 0.25) is 0 Å². The highest BCUT2D eigenvalue weighted by atomic mass is 16.1. The molecule has 0 bridgehead atoms. The smallest absolute Gasteiger partial charge is 0.180 e. The summed E-state index contributed by atoms with van der Waals surface area (Å²) in [6, 6.07) is 8.75. The summed E-state index contributed by atoms with van der Waals surface area (Å²) in [4.78, 5) is 11.9. The molecule has 0 amide bonds. The minimum atomic E-state index is -0.440. The zero-order valence-corrected chi connectivity index (χ0v) is 8.95. The second kappa shape index (κ2) is 3.93. The Morgan fingerprint density at radius 2 is 1.71 bits per heavy atom. The largest absolute Gasteiger partial charge is 0.321 e. The van der Waals surface area contributed by atoms with E-state index < -0.39 is 6.04 Å². The summed E-state index contributed by atoms with van der Waals surface area (Å²) in [7, 11) is 0. The van der Waals surface area contributed by atoms with Crippen molar-refractivity contribution in [3.05, 3.63) is 35.9 Å². The van der Waals surface area contributed by atoms with Crippen molar-refractivity contribution >= 4 is 5.78 Å². The fraction of sp³-hybridized carbons (Fsp3) is 0.417. The lowest BCUT2D eigenvalue weighted by atomic mass is 9.83. The van der Waals surface area contributed by atoms with Crippen LogP contribution < -0.4 is 5.73 Å². The summed E-state index contributed by atoms with van der Waals surface area (Å²) in [5.74, 6) is 0.0121. The van der Waals surface area contributed by atoms with E-state index in [0.29, 0.717) is 5.56 Å². The molecule has 0 heterocycles. The molecule has 0 aliphatic rings. The van der Waals surface area contributed by atoms with Crippen molar-refractivity contribution < 1.29 is 4.79 Å². The zero-order chi connectivity index (χ0) is 10.8. The first-order valence-corrected chi connectivity index (χ1v) is 4.78. The fourth-order valence-corrected chi connectivity index (χ4v) is 1.18. The van der Waals surface area contributed by atoms with Crippen molar-refractivity contribution in [2.24, 2.45) is 11.1 Å². The first-order valence-electron chi connectivity index (χ1n) is 4.78. The molecule has 1 aromatic rings. The van der Waals surface area contributed by atoms with E-state index in [4.69, 9.17) is 5.73 Å². The van der Waals surface area contributed by atoms with Gasteiger partial charge in [-0.3, -0.25) is 4.79 Å². The fourth-order valence-electron chi connectivity index (χ4n) is 1.18. The van der Waals surface area contributed by atoms with Crippen LogP contribution in [-0.2, 0) is 0 Å². The van der Waals surface area contributed by atoms with E-state index in [2.05, 4.69) is 0 Å². The van der Waals surface area contributed by atoms with Gasteiger partial charge in [-0.05, 0) is 5.41 Å². The average Bonchev–Trinajstić information content (AvgIpc) is 2.15. The SMILES string of the molecule is CC(C)(C)C(N)C(=O)c1ccccc1. The maximum Gasteiger partial charge on any atom is 0.180 e. The molecule has 0 spiro atoms. The monoisotopic (exact) mass is 191 g/mol. The standard InChI is InChI=1S/C12H17NO/c1-12(2,3)11(13)10(14)9-7-5-4-6-8-9/h4-8,11H,13H2,1-3H3. The third-order valence-electron chi connectivity index (χ3n) is 2.27. The molecule has 76 valence electrons. The highest BCUT2D eigenvalue weighted by Crippen LogP contribution is 2.20. The van der Waals surface area contributed by atoms with Crippen molar-refractivity contribution in [2.75, 3.05) is 0 Å². The molecule has 0 saturated carbocycles. The van der Waals surface area contributed by atoms with Gasteiger partial charge in [0.05, 0.1) is 6.04 Å². The number of carbonyl (C=O) groups excluding carboxylic acids is 1. The minimum absolute atomic E-state index is 0.0121. The van der Waals surface area contributed by atoms with Crippen LogP contribution in [0, 0.1) is 5.41 Å². The Kier molecular flexibility index (Phi) is 3.06. The normalized spacial score (nSPS) is 13.7. The Morgan fingerprint density at radius 3 is 2.14 bits per heavy atom. The van der Waals surface area contributed by atoms with Crippen molar-refractivity contribution in [3.63, 3.8) is 0 Å². The van der Waals surface area contributed by atoms with Crippen molar-refractivity contribution in [1.82, 2.24) is 0 Å². The van der Waals surface area contributed by atoms with E-state index in [9.17, 15) is 4.79 Å². The van der Waals surface area contributed by atoms with Gasteiger partial charge in [-0.25, -0.2) is 0 Å². The second-order valence-corrected chi connectivity index (χ2v) is 4.57. The molecule has 2 heteroatoms. The number of benzene rings is 1. The van der Waals surface area contributed by atoms with Crippen molar-refractivity contribution in [1.29, 1.82) is 0 Å². The van der Waals surface area contributed by atoms with E-state index in [1.807, 2.05) is 39.0 Å². The average molecular weight is 191 g/mol. The van der Waals surface area contributed by atoms with Gasteiger partial charge in [-0.15, -0.1) is 0 Å². The third-order valence-corrected chi connectivity index (χ3v) is 2.27. The lowest BCUT2D eigenvalue weighted by Crippen LogP contribution is -2.42. The maximum atomic E-state index is 11.9. The van der Waals surface area contributed by atoms with Crippen LogP contribution in [0.15, 0.2) is 30.3 Å². The number of ketones is 1. The summed E-state index contributed by atoms with van der Waals surface area (Å²) in [5, 5.41) is 0. The van der Waals surface area contributed by atoms with Crippen LogP contribution in [0.4, 0.5) is 0 Å². The van der Waals surface area contributed by atoms with Crippen LogP contribution in [0.3, 0.4) is 0 Å².